The van der Waals surface area contributed by atoms with E-state index in [4.69, 9.17) is 11.6 Å². The molecule has 1 aliphatic rings. The zero-order valence-electron chi connectivity index (χ0n) is 15.5. The van der Waals surface area contributed by atoms with Crippen LogP contribution in [-0.4, -0.2) is 20.7 Å². The Labute approximate surface area is 160 Å². The summed E-state index contributed by atoms with van der Waals surface area (Å²) in [6.07, 6.45) is 5.50. The number of carbonyl (C=O) groups is 1. The molecule has 0 spiro atoms. The van der Waals surface area contributed by atoms with Crippen LogP contribution in [0.4, 0.5) is 0 Å². The second-order valence-corrected chi connectivity index (χ2v) is 7.84. The van der Waals surface area contributed by atoms with Gasteiger partial charge in [0.15, 0.2) is 0 Å². The van der Waals surface area contributed by atoms with Crippen molar-refractivity contribution in [1.29, 1.82) is 0 Å². The molecule has 1 aromatic heterocycles. The van der Waals surface area contributed by atoms with Gasteiger partial charge >= 0.3 is 0 Å². The summed E-state index contributed by atoms with van der Waals surface area (Å²) < 4.78 is 2.28. The van der Waals surface area contributed by atoms with Crippen LogP contribution in [0.15, 0.2) is 24.3 Å². The van der Waals surface area contributed by atoms with Gasteiger partial charge in [-0.2, -0.15) is 0 Å². The van der Waals surface area contributed by atoms with E-state index in [2.05, 4.69) is 33.9 Å². The van der Waals surface area contributed by atoms with Crippen LogP contribution in [0.2, 0.25) is 5.02 Å². The lowest BCUT2D eigenvalue weighted by Gasteiger charge is -2.10. The molecule has 0 bridgehead atoms. The molecule has 1 heterocycles. The fourth-order valence-corrected chi connectivity index (χ4v) is 3.23. The van der Waals surface area contributed by atoms with Gasteiger partial charge < -0.3 is 9.88 Å². The van der Waals surface area contributed by atoms with E-state index in [0.717, 1.165) is 30.1 Å². The highest BCUT2D eigenvalue weighted by Gasteiger charge is 2.29. The van der Waals surface area contributed by atoms with Gasteiger partial charge in [-0.25, -0.2) is 0 Å². The lowest BCUT2D eigenvalue weighted by Crippen LogP contribution is -2.23. The maximum atomic E-state index is 12.2. The van der Waals surface area contributed by atoms with Crippen molar-refractivity contribution in [3.8, 4) is 0 Å². The average molecular weight is 375 g/mol. The van der Waals surface area contributed by atoms with E-state index in [1.165, 1.54) is 12.8 Å². The Kier molecular flexibility index (Phi) is 6.30. The van der Waals surface area contributed by atoms with Crippen molar-refractivity contribution in [3.63, 3.8) is 0 Å². The number of nitrogens with zero attached hydrogens (tertiary/aromatic N) is 3. The van der Waals surface area contributed by atoms with Crippen molar-refractivity contribution >= 4 is 17.5 Å². The van der Waals surface area contributed by atoms with Crippen molar-refractivity contribution in [2.45, 2.75) is 65.0 Å². The zero-order chi connectivity index (χ0) is 18.5. The summed E-state index contributed by atoms with van der Waals surface area (Å²) in [5, 5.41) is 12.4. The van der Waals surface area contributed by atoms with E-state index in [9.17, 15) is 4.79 Å². The van der Waals surface area contributed by atoms with Crippen LogP contribution < -0.4 is 5.32 Å². The number of hydrogen-bond acceptors (Lipinski definition) is 3. The predicted octanol–water partition coefficient (Wildman–Crippen LogP) is 4.10. The van der Waals surface area contributed by atoms with Gasteiger partial charge in [-0.15, -0.1) is 10.2 Å². The lowest BCUT2D eigenvalue weighted by molar-refractivity contribution is -0.121. The SMILES string of the molecule is CC(C)CCc1nnc(CCC(=O)NCc2ccccc2Cl)n1C1CC1. The number of hydrogen-bond donors (Lipinski definition) is 1. The molecule has 5 nitrogen and oxygen atoms in total. The van der Waals surface area contributed by atoms with Crippen LogP contribution >= 0.6 is 11.6 Å². The highest BCUT2D eigenvalue weighted by Crippen LogP contribution is 2.37. The average Bonchev–Trinajstić information content (AvgIpc) is 3.37. The molecule has 6 heteroatoms. The minimum Gasteiger partial charge on any atom is -0.352 e. The molecule has 26 heavy (non-hydrogen) atoms. The third-order valence-corrected chi connectivity index (χ3v) is 5.07. The molecule has 0 saturated heterocycles. The molecule has 0 unspecified atom stereocenters. The van der Waals surface area contributed by atoms with E-state index in [1.54, 1.807) is 0 Å². The lowest BCUT2D eigenvalue weighted by atomic mass is 10.1. The zero-order valence-corrected chi connectivity index (χ0v) is 16.3. The Morgan fingerprint density at radius 3 is 2.58 bits per heavy atom. The van der Waals surface area contributed by atoms with Crippen LogP contribution in [0, 0.1) is 5.92 Å². The number of aryl methyl sites for hydroxylation is 2. The molecule has 1 aliphatic carbocycles. The third-order valence-electron chi connectivity index (χ3n) is 4.70. The largest absolute Gasteiger partial charge is 0.352 e. The van der Waals surface area contributed by atoms with Crippen molar-refractivity contribution in [2.75, 3.05) is 0 Å². The Balaban J connectivity index is 1.54. The van der Waals surface area contributed by atoms with E-state index >= 15 is 0 Å². The van der Waals surface area contributed by atoms with E-state index in [-0.39, 0.29) is 5.91 Å². The normalized spacial score (nSPS) is 14.0. The molecule has 140 valence electrons. The highest BCUT2D eigenvalue weighted by atomic mass is 35.5. The minimum absolute atomic E-state index is 0.0130. The van der Waals surface area contributed by atoms with Gasteiger partial charge in [0.05, 0.1) is 0 Å². The van der Waals surface area contributed by atoms with Gasteiger partial charge in [0, 0.05) is 36.9 Å². The first-order chi connectivity index (χ1) is 12.5. The van der Waals surface area contributed by atoms with Crippen molar-refractivity contribution in [2.24, 2.45) is 5.92 Å². The Morgan fingerprint density at radius 2 is 1.92 bits per heavy atom. The Hall–Kier alpha value is -1.88. The summed E-state index contributed by atoms with van der Waals surface area (Å²) in [6, 6.07) is 8.10. The van der Waals surface area contributed by atoms with Gasteiger partial charge in [-0.3, -0.25) is 4.79 Å². The van der Waals surface area contributed by atoms with Gasteiger partial charge in [0.25, 0.3) is 0 Å². The van der Waals surface area contributed by atoms with Crippen LogP contribution in [0.1, 0.15) is 62.8 Å². The van der Waals surface area contributed by atoms with Crippen molar-refractivity contribution in [1.82, 2.24) is 20.1 Å². The van der Waals surface area contributed by atoms with E-state index in [1.807, 2.05) is 24.3 Å². The molecule has 1 amide bonds. The Morgan fingerprint density at radius 1 is 1.23 bits per heavy atom. The first-order valence-electron chi connectivity index (χ1n) is 9.47. The molecular formula is C20H27ClN4O. The molecular weight excluding hydrogens is 348 g/mol. The third kappa shape index (κ3) is 5.07. The molecule has 1 saturated carbocycles. The maximum Gasteiger partial charge on any atom is 0.220 e. The number of benzene rings is 1. The van der Waals surface area contributed by atoms with Gasteiger partial charge in [-0.05, 0) is 36.8 Å². The first kappa shape index (κ1) is 18.9. The highest BCUT2D eigenvalue weighted by molar-refractivity contribution is 6.31. The molecule has 2 aromatic rings. The van der Waals surface area contributed by atoms with Crippen LogP contribution in [0.3, 0.4) is 0 Å². The second-order valence-electron chi connectivity index (χ2n) is 7.43. The number of rotatable bonds is 9. The van der Waals surface area contributed by atoms with Gasteiger partial charge in [0.1, 0.15) is 11.6 Å². The summed E-state index contributed by atoms with van der Waals surface area (Å²) in [5.41, 5.74) is 0.930. The summed E-state index contributed by atoms with van der Waals surface area (Å²) >= 11 is 6.12. The summed E-state index contributed by atoms with van der Waals surface area (Å²) in [4.78, 5) is 12.2. The van der Waals surface area contributed by atoms with Crippen LogP contribution in [0.5, 0.6) is 0 Å². The first-order valence-corrected chi connectivity index (χ1v) is 9.85. The molecule has 3 rings (SSSR count). The minimum atomic E-state index is 0.0130. The molecule has 1 N–H and O–H groups in total. The molecule has 1 aromatic carbocycles. The van der Waals surface area contributed by atoms with Gasteiger partial charge in [-0.1, -0.05) is 43.6 Å². The van der Waals surface area contributed by atoms with Crippen LogP contribution in [-0.2, 0) is 24.2 Å². The quantitative estimate of drug-likeness (QED) is 0.718. The smallest absolute Gasteiger partial charge is 0.220 e. The van der Waals surface area contributed by atoms with E-state index < -0.39 is 0 Å². The van der Waals surface area contributed by atoms with Crippen LogP contribution in [0.25, 0.3) is 0 Å². The number of aromatic nitrogens is 3. The Bertz CT molecular complexity index is 752. The summed E-state index contributed by atoms with van der Waals surface area (Å²) in [7, 11) is 0. The second kappa shape index (κ2) is 8.67. The predicted molar refractivity (Wildman–Crippen MR) is 103 cm³/mol. The molecule has 0 atom stereocenters. The van der Waals surface area contributed by atoms with Crippen molar-refractivity contribution < 1.29 is 4.79 Å². The maximum absolute atomic E-state index is 12.2. The molecule has 0 radical (unpaired) electrons. The number of halogens is 1. The van der Waals surface area contributed by atoms with E-state index in [0.29, 0.717) is 36.4 Å². The summed E-state index contributed by atoms with van der Waals surface area (Å²) in [6.45, 7) is 4.90. The topological polar surface area (TPSA) is 59.8 Å². The number of nitrogens with one attached hydrogen (secondary N) is 1. The van der Waals surface area contributed by atoms with Crippen molar-refractivity contribution in [3.05, 3.63) is 46.5 Å². The molecule has 1 fully saturated rings. The fraction of sp³-hybridized carbons (Fsp3) is 0.550. The fourth-order valence-electron chi connectivity index (χ4n) is 3.02. The molecule has 0 aliphatic heterocycles. The standard InChI is InChI=1S/C20H27ClN4O/c1-14(2)7-10-18-23-24-19(25(18)16-8-9-16)11-12-20(26)22-13-15-5-3-4-6-17(15)21/h3-6,14,16H,7-13H2,1-2H3,(H,22,26). The monoisotopic (exact) mass is 374 g/mol. The number of carbonyl (C=O) groups excluding carboxylic acids is 1. The van der Waals surface area contributed by atoms with Gasteiger partial charge in [0.2, 0.25) is 5.91 Å². The summed E-state index contributed by atoms with van der Waals surface area (Å²) in [5.74, 6) is 2.68. The number of amides is 1.